The van der Waals surface area contributed by atoms with E-state index in [1.807, 2.05) is 86.6 Å². The van der Waals surface area contributed by atoms with Crippen molar-refractivity contribution >= 4 is 44.8 Å². The minimum Gasteiger partial charge on any atom is -0.369 e. The molecule has 5 aromatic carbocycles. The summed E-state index contributed by atoms with van der Waals surface area (Å²) in [5.74, 6) is -0.287. The number of benzene rings is 5. The number of carbonyl (C=O) groups is 1. The summed E-state index contributed by atoms with van der Waals surface area (Å²) in [5, 5.41) is 25.0. The summed E-state index contributed by atoms with van der Waals surface area (Å²) < 4.78 is 28.9. The second-order valence-electron chi connectivity index (χ2n) is 14.0. The number of anilines is 2. The van der Waals surface area contributed by atoms with Crippen LogP contribution in [0, 0.1) is 21.4 Å². The van der Waals surface area contributed by atoms with Crippen LogP contribution in [0.1, 0.15) is 34.8 Å². The van der Waals surface area contributed by atoms with E-state index in [1.54, 1.807) is 42.1 Å². The number of nitro benzene ring substituents is 1. The summed E-state index contributed by atoms with van der Waals surface area (Å²) in [6.07, 6.45) is 0.596. The number of amides is 1. The predicted molar refractivity (Wildman–Crippen MR) is 226 cm³/mol. The third-order valence-corrected chi connectivity index (χ3v) is 12.9. The molecule has 14 heteroatoms. The van der Waals surface area contributed by atoms with Crippen LogP contribution >= 0.6 is 11.8 Å². The number of sulfonamides is 1. The maximum atomic E-state index is 13.4. The quantitative estimate of drug-likeness (QED) is 0.0470. The molecule has 1 saturated heterocycles. The lowest BCUT2D eigenvalue weighted by atomic mass is 9.98. The average Bonchev–Trinajstić information content (AvgIpc) is 3.23. The van der Waals surface area contributed by atoms with Gasteiger partial charge in [0.25, 0.3) is 21.6 Å². The van der Waals surface area contributed by atoms with Gasteiger partial charge in [-0.15, -0.1) is 11.8 Å². The van der Waals surface area contributed by atoms with E-state index in [4.69, 9.17) is 0 Å². The van der Waals surface area contributed by atoms with Crippen LogP contribution in [0.3, 0.4) is 0 Å². The van der Waals surface area contributed by atoms with Gasteiger partial charge in [0.1, 0.15) is 5.69 Å². The molecule has 2 N–H and O–H groups in total. The van der Waals surface area contributed by atoms with Gasteiger partial charge in [-0.2, -0.15) is 5.26 Å². The maximum absolute atomic E-state index is 13.4. The third kappa shape index (κ3) is 9.81. The summed E-state index contributed by atoms with van der Waals surface area (Å²) in [6.45, 7) is 5.89. The number of carbonyl (C=O) groups excluding carboxylic acids is 1. The van der Waals surface area contributed by atoms with E-state index in [-0.39, 0.29) is 11.3 Å². The topological polar surface area (TPSA) is 152 Å². The van der Waals surface area contributed by atoms with E-state index in [0.717, 1.165) is 60.5 Å². The normalized spacial score (nSPS) is 14.4. The Kier molecular flexibility index (Phi) is 13.0. The molecule has 0 aliphatic carbocycles. The summed E-state index contributed by atoms with van der Waals surface area (Å²) in [4.78, 5) is 32.1. The zero-order valence-corrected chi connectivity index (χ0v) is 33.7. The van der Waals surface area contributed by atoms with Crippen molar-refractivity contribution in [2.45, 2.75) is 35.3 Å². The van der Waals surface area contributed by atoms with Crippen molar-refractivity contribution in [1.29, 1.82) is 5.26 Å². The zero-order chi connectivity index (χ0) is 40.6. The second-order valence-corrected chi connectivity index (χ2v) is 16.8. The number of nitro groups is 1. The highest BCUT2D eigenvalue weighted by molar-refractivity contribution is 7.99. The number of nitrogens with one attached hydrogen (secondary N) is 2. The number of nitrogens with zero attached hydrogens (tertiary/aromatic N) is 5. The smallest absolute Gasteiger partial charge is 0.293 e. The molecule has 57 heavy (non-hydrogen) atoms. The summed E-state index contributed by atoms with van der Waals surface area (Å²) >= 11 is 1.61. The highest BCUT2D eigenvalue weighted by atomic mass is 32.2. The van der Waals surface area contributed by atoms with Gasteiger partial charge in [-0.25, -0.2) is 13.1 Å². The molecule has 5 aromatic rings. The molecule has 0 spiro atoms. The molecule has 12 nitrogen and oxygen atoms in total. The van der Waals surface area contributed by atoms with E-state index in [2.05, 4.69) is 38.0 Å². The first-order chi connectivity index (χ1) is 27.4. The van der Waals surface area contributed by atoms with E-state index in [1.165, 1.54) is 17.7 Å². The molecule has 0 bridgehead atoms. The van der Waals surface area contributed by atoms with Gasteiger partial charge in [-0.3, -0.25) is 24.7 Å². The number of hydrogen-bond donors (Lipinski definition) is 2. The van der Waals surface area contributed by atoms with Crippen LogP contribution in [0.5, 0.6) is 0 Å². The van der Waals surface area contributed by atoms with Crippen molar-refractivity contribution in [2.75, 3.05) is 56.2 Å². The zero-order valence-electron chi connectivity index (χ0n) is 32.1. The van der Waals surface area contributed by atoms with E-state index in [9.17, 15) is 28.6 Å². The van der Waals surface area contributed by atoms with Crippen LogP contribution in [0.2, 0.25) is 0 Å². The Morgan fingerprint density at radius 1 is 0.912 bits per heavy atom. The van der Waals surface area contributed by atoms with Gasteiger partial charge in [0.2, 0.25) is 0 Å². The lowest BCUT2D eigenvalue weighted by Crippen LogP contribution is -2.52. The number of rotatable bonds is 15. The molecule has 0 aromatic heterocycles. The number of thioether (sulfide) groups is 1. The van der Waals surface area contributed by atoms with Crippen molar-refractivity contribution in [3.8, 4) is 17.2 Å². The highest BCUT2D eigenvalue weighted by Gasteiger charge is 2.34. The minimum atomic E-state index is -4.46. The van der Waals surface area contributed by atoms with E-state index >= 15 is 0 Å². The molecule has 0 unspecified atom stereocenters. The largest absolute Gasteiger partial charge is 0.369 e. The highest BCUT2D eigenvalue weighted by Crippen LogP contribution is 2.35. The Morgan fingerprint density at radius 3 is 2.28 bits per heavy atom. The molecule has 0 radical (unpaired) electrons. The SMILES string of the molecule is CC[C@@](CSc1ccccc1)(Nc1ccc(S(=O)(=O)NC(=O)c2ccc(N3CCN(Cc4ccccc4-c4cccc(C#N)c4)CC3)cc2)cc1[N+](=O)[O-])N(C)C. The molecular formula is C43H45N7O5S2. The number of hydrogen-bond acceptors (Lipinski definition) is 11. The first-order valence-corrected chi connectivity index (χ1v) is 21.0. The molecule has 1 fully saturated rings. The van der Waals surface area contributed by atoms with Gasteiger partial charge in [0, 0.05) is 60.7 Å². The van der Waals surface area contributed by atoms with Crippen molar-refractivity contribution in [3.05, 3.63) is 148 Å². The Bertz CT molecular complexity index is 2360. The van der Waals surface area contributed by atoms with Crippen molar-refractivity contribution in [1.82, 2.24) is 14.5 Å². The van der Waals surface area contributed by atoms with Crippen molar-refractivity contribution in [3.63, 3.8) is 0 Å². The fraction of sp³-hybridized carbons (Fsp3) is 0.256. The monoisotopic (exact) mass is 803 g/mol. The first kappa shape index (κ1) is 40.9. The van der Waals surface area contributed by atoms with Crippen LogP contribution in [0.15, 0.2) is 131 Å². The summed E-state index contributed by atoms with van der Waals surface area (Å²) in [6, 6.07) is 38.3. The molecule has 1 amide bonds. The first-order valence-electron chi connectivity index (χ1n) is 18.6. The molecule has 294 valence electrons. The van der Waals surface area contributed by atoms with Crippen molar-refractivity contribution < 1.29 is 18.1 Å². The van der Waals surface area contributed by atoms with Gasteiger partial charge >= 0.3 is 0 Å². The summed E-state index contributed by atoms with van der Waals surface area (Å²) in [5.41, 5.74) is 4.02. The van der Waals surface area contributed by atoms with Gasteiger partial charge in [-0.1, -0.05) is 61.5 Å². The predicted octanol–water partition coefficient (Wildman–Crippen LogP) is 7.45. The molecule has 1 aliphatic rings. The fourth-order valence-corrected chi connectivity index (χ4v) is 9.14. The third-order valence-electron chi connectivity index (χ3n) is 10.3. The molecular weight excluding hydrogens is 759 g/mol. The number of nitriles is 1. The molecule has 6 rings (SSSR count). The van der Waals surface area contributed by atoms with Crippen LogP contribution in [-0.2, 0) is 16.6 Å². The minimum absolute atomic E-state index is 0.139. The molecule has 1 atom stereocenters. The second kappa shape index (κ2) is 18.0. The average molecular weight is 804 g/mol. The van der Waals surface area contributed by atoms with Gasteiger partial charge in [0.05, 0.1) is 27.1 Å². The molecule has 0 saturated carbocycles. The van der Waals surface area contributed by atoms with Crippen LogP contribution in [0.25, 0.3) is 11.1 Å². The van der Waals surface area contributed by atoms with E-state index < -0.39 is 37.1 Å². The van der Waals surface area contributed by atoms with Crippen LogP contribution in [-0.4, -0.2) is 80.7 Å². The van der Waals surface area contributed by atoms with Gasteiger partial charge in [-0.05, 0) is 97.9 Å². The van der Waals surface area contributed by atoms with Crippen LogP contribution in [0.4, 0.5) is 17.1 Å². The van der Waals surface area contributed by atoms with Crippen LogP contribution < -0.4 is 14.9 Å². The van der Waals surface area contributed by atoms with Gasteiger partial charge in [0.15, 0.2) is 0 Å². The lowest BCUT2D eigenvalue weighted by molar-refractivity contribution is -0.384. The number of piperazine rings is 1. The Morgan fingerprint density at radius 2 is 1.61 bits per heavy atom. The Hall–Kier alpha value is -5.72. The standard InChI is InChI=1S/C43H45N7O5S2/c1-4-43(47(2)3,31-56-37-14-6-5-7-15-37)45-40-22-21-38(28-41(40)50(52)53)57(54,55)46-42(51)33-17-19-36(20-18-33)49-25-23-48(24-26-49)30-35-12-8-9-16-39(35)34-13-10-11-32(27-34)29-44/h5-22,27-28,45H,4,23-26,30-31H2,1-3H3,(H,46,51)/t43-/m1/s1. The Labute approximate surface area is 338 Å². The van der Waals surface area contributed by atoms with Gasteiger partial charge < -0.3 is 10.2 Å². The molecule has 1 aliphatic heterocycles. The van der Waals surface area contributed by atoms with E-state index in [0.29, 0.717) is 17.7 Å². The fourth-order valence-electron chi connectivity index (χ4n) is 6.85. The summed E-state index contributed by atoms with van der Waals surface area (Å²) in [7, 11) is -0.683. The molecule has 1 heterocycles. The Balaban J connectivity index is 1.08. The lowest BCUT2D eigenvalue weighted by Gasteiger charge is -2.40. The maximum Gasteiger partial charge on any atom is 0.293 e. The van der Waals surface area contributed by atoms with Crippen molar-refractivity contribution in [2.24, 2.45) is 0 Å².